The average molecular weight is 471 g/mol. The first-order valence-electron chi connectivity index (χ1n) is 10.8. The molecule has 0 atom stereocenters. The van der Waals surface area contributed by atoms with Crippen LogP contribution in [0.25, 0.3) is 10.9 Å². The highest BCUT2D eigenvalue weighted by Gasteiger charge is 2.30. The summed E-state index contributed by atoms with van der Waals surface area (Å²) in [5, 5.41) is 11.6. The van der Waals surface area contributed by atoms with Crippen molar-refractivity contribution >= 4 is 32.5 Å². The lowest BCUT2D eigenvalue weighted by molar-refractivity contribution is -0.384. The van der Waals surface area contributed by atoms with Gasteiger partial charge in [-0.2, -0.15) is 4.31 Å². The van der Waals surface area contributed by atoms with Crippen LogP contribution < -0.4 is 0 Å². The number of hydrogen-bond acceptors (Lipinski definition) is 5. The molecule has 1 aliphatic rings. The number of carbonyl (C=O) groups is 1. The van der Waals surface area contributed by atoms with Gasteiger partial charge in [0.15, 0.2) is 0 Å². The van der Waals surface area contributed by atoms with Gasteiger partial charge in [-0.3, -0.25) is 14.9 Å². The molecule has 33 heavy (non-hydrogen) atoms. The van der Waals surface area contributed by atoms with Crippen LogP contribution in [-0.2, 0) is 21.4 Å². The first kappa shape index (κ1) is 22.9. The molecule has 0 saturated carbocycles. The number of sulfonamides is 1. The zero-order valence-electron chi connectivity index (χ0n) is 18.5. The van der Waals surface area contributed by atoms with E-state index in [1.165, 1.54) is 16.4 Å². The van der Waals surface area contributed by atoms with Gasteiger partial charge in [-0.25, -0.2) is 8.42 Å². The van der Waals surface area contributed by atoms with Crippen molar-refractivity contribution in [2.24, 2.45) is 0 Å². The second-order valence-corrected chi connectivity index (χ2v) is 10.4. The normalized spacial score (nSPS) is 15.3. The lowest BCUT2D eigenvalue weighted by Gasteiger charge is -2.34. The molecule has 0 N–H and O–H groups in total. The van der Waals surface area contributed by atoms with Crippen LogP contribution >= 0.6 is 0 Å². The van der Waals surface area contributed by atoms with Gasteiger partial charge in [-0.05, 0) is 35.7 Å². The summed E-state index contributed by atoms with van der Waals surface area (Å²) in [4.78, 5) is 25.3. The molecule has 0 unspecified atom stereocenters. The average Bonchev–Trinajstić information content (AvgIpc) is 3.21. The minimum atomic E-state index is -3.61. The van der Waals surface area contributed by atoms with E-state index in [0.29, 0.717) is 24.4 Å². The maximum atomic E-state index is 13.0. The number of piperazine rings is 1. The van der Waals surface area contributed by atoms with Crippen molar-refractivity contribution in [2.45, 2.75) is 31.2 Å². The molecule has 2 aromatic carbocycles. The highest BCUT2D eigenvalue weighted by molar-refractivity contribution is 7.89. The number of amides is 1. The fourth-order valence-electron chi connectivity index (χ4n) is 4.04. The number of nitro benzene ring substituents is 1. The fourth-order valence-corrected chi connectivity index (χ4v) is 5.46. The minimum absolute atomic E-state index is 0.00255. The summed E-state index contributed by atoms with van der Waals surface area (Å²) in [5.41, 5.74) is 1.82. The largest absolute Gasteiger partial charge is 0.339 e. The topological polar surface area (TPSA) is 106 Å². The van der Waals surface area contributed by atoms with Crippen LogP contribution in [0.5, 0.6) is 0 Å². The van der Waals surface area contributed by atoms with E-state index in [0.717, 1.165) is 11.1 Å². The summed E-state index contributed by atoms with van der Waals surface area (Å²) in [6.07, 6.45) is 1.73. The van der Waals surface area contributed by atoms with Gasteiger partial charge in [0.2, 0.25) is 15.9 Å². The van der Waals surface area contributed by atoms with Gasteiger partial charge in [0, 0.05) is 55.4 Å². The van der Waals surface area contributed by atoms with Gasteiger partial charge in [0.1, 0.15) is 6.54 Å². The van der Waals surface area contributed by atoms with Crippen LogP contribution in [0.1, 0.15) is 25.3 Å². The van der Waals surface area contributed by atoms with E-state index in [9.17, 15) is 23.3 Å². The summed E-state index contributed by atoms with van der Waals surface area (Å²) < 4.78 is 29.2. The van der Waals surface area contributed by atoms with E-state index in [1.54, 1.807) is 39.9 Å². The van der Waals surface area contributed by atoms with Crippen LogP contribution in [0.2, 0.25) is 0 Å². The fraction of sp³-hybridized carbons (Fsp3) is 0.348. The van der Waals surface area contributed by atoms with E-state index in [4.69, 9.17) is 0 Å². The van der Waals surface area contributed by atoms with E-state index in [1.807, 2.05) is 12.1 Å². The highest BCUT2D eigenvalue weighted by atomic mass is 32.2. The Morgan fingerprint density at radius 1 is 1.03 bits per heavy atom. The number of aromatic nitrogens is 1. The summed E-state index contributed by atoms with van der Waals surface area (Å²) in [6.45, 7) is 5.29. The summed E-state index contributed by atoms with van der Waals surface area (Å²) >= 11 is 0. The first-order valence-corrected chi connectivity index (χ1v) is 12.2. The van der Waals surface area contributed by atoms with Crippen molar-refractivity contribution in [2.75, 3.05) is 26.2 Å². The van der Waals surface area contributed by atoms with E-state index < -0.39 is 14.9 Å². The Morgan fingerprint density at radius 2 is 1.70 bits per heavy atom. The molecule has 1 amide bonds. The number of nitrogens with zero attached hydrogens (tertiary/aromatic N) is 4. The van der Waals surface area contributed by atoms with Crippen LogP contribution in [0.4, 0.5) is 5.69 Å². The predicted molar refractivity (Wildman–Crippen MR) is 124 cm³/mol. The molecule has 0 bridgehead atoms. The lowest BCUT2D eigenvalue weighted by Crippen LogP contribution is -2.51. The van der Waals surface area contributed by atoms with Crippen molar-refractivity contribution in [3.8, 4) is 0 Å². The van der Waals surface area contributed by atoms with Crippen LogP contribution in [0.3, 0.4) is 0 Å². The Balaban J connectivity index is 1.40. The Labute approximate surface area is 192 Å². The highest BCUT2D eigenvalue weighted by Crippen LogP contribution is 2.23. The number of hydrogen-bond donors (Lipinski definition) is 0. The SMILES string of the molecule is CC(C)c1ccc(S(=O)(=O)N2CCN(C(=O)Cn3ccc4cc([N+](=O)[O-])ccc43)CC2)cc1. The third kappa shape index (κ3) is 4.62. The molecule has 3 aromatic rings. The van der Waals surface area contributed by atoms with Crippen molar-refractivity contribution in [3.63, 3.8) is 0 Å². The van der Waals surface area contributed by atoms with Crippen molar-refractivity contribution in [1.29, 1.82) is 0 Å². The van der Waals surface area contributed by atoms with Crippen molar-refractivity contribution < 1.29 is 18.1 Å². The molecule has 0 radical (unpaired) electrons. The number of non-ortho nitro benzene ring substituents is 1. The molecule has 1 aliphatic heterocycles. The van der Waals surface area contributed by atoms with E-state index >= 15 is 0 Å². The smallest absolute Gasteiger partial charge is 0.270 e. The molecule has 1 aromatic heterocycles. The summed E-state index contributed by atoms with van der Waals surface area (Å²) in [6, 6.07) is 13.2. The van der Waals surface area contributed by atoms with Crippen molar-refractivity contribution in [3.05, 3.63) is 70.4 Å². The summed E-state index contributed by atoms with van der Waals surface area (Å²) in [5.74, 6) is 0.202. The van der Waals surface area contributed by atoms with Gasteiger partial charge in [-0.15, -0.1) is 0 Å². The van der Waals surface area contributed by atoms with Crippen LogP contribution in [0.15, 0.2) is 59.6 Å². The molecule has 9 nitrogen and oxygen atoms in total. The molecule has 2 heterocycles. The summed E-state index contributed by atoms with van der Waals surface area (Å²) in [7, 11) is -3.61. The van der Waals surface area contributed by atoms with E-state index in [2.05, 4.69) is 13.8 Å². The van der Waals surface area contributed by atoms with Gasteiger partial charge in [0.05, 0.1) is 9.82 Å². The van der Waals surface area contributed by atoms with E-state index in [-0.39, 0.29) is 36.1 Å². The molecule has 10 heteroatoms. The predicted octanol–water partition coefficient (Wildman–Crippen LogP) is 3.21. The lowest BCUT2D eigenvalue weighted by atomic mass is 10.0. The Kier molecular flexibility index (Phi) is 6.22. The molecular formula is C23H26N4O5S. The number of benzene rings is 2. The van der Waals surface area contributed by atoms with Gasteiger partial charge in [0.25, 0.3) is 5.69 Å². The van der Waals surface area contributed by atoms with Crippen LogP contribution in [-0.4, -0.2) is 59.2 Å². The number of carbonyl (C=O) groups excluding carboxylic acids is 1. The van der Waals surface area contributed by atoms with Crippen LogP contribution in [0, 0.1) is 10.1 Å². The third-order valence-electron chi connectivity index (χ3n) is 6.05. The zero-order chi connectivity index (χ0) is 23.8. The molecular weight excluding hydrogens is 444 g/mol. The molecule has 0 spiro atoms. The number of fused-ring (bicyclic) bond motifs is 1. The zero-order valence-corrected chi connectivity index (χ0v) is 19.4. The molecule has 1 saturated heterocycles. The molecule has 4 rings (SSSR count). The molecule has 1 fully saturated rings. The maximum absolute atomic E-state index is 13.0. The second-order valence-electron chi connectivity index (χ2n) is 8.45. The van der Waals surface area contributed by atoms with Gasteiger partial charge in [-0.1, -0.05) is 26.0 Å². The second kappa shape index (κ2) is 8.95. The van der Waals surface area contributed by atoms with Gasteiger partial charge >= 0.3 is 0 Å². The quantitative estimate of drug-likeness (QED) is 0.406. The maximum Gasteiger partial charge on any atom is 0.270 e. The Hall–Kier alpha value is -3.24. The molecule has 0 aliphatic carbocycles. The Morgan fingerprint density at radius 3 is 2.30 bits per heavy atom. The first-order chi connectivity index (χ1) is 15.7. The third-order valence-corrected chi connectivity index (χ3v) is 7.96. The number of nitro groups is 1. The Bertz CT molecular complexity index is 1290. The van der Waals surface area contributed by atoms with Gasteiger partial charge < -0.3 is 9.47 Å². The standard InChI is InChI=1S/C23H26N4O5S/c1-17(2)18-3-6-21(7-4-18)33(31,32)26-13-11-24(12-14-26)23(28)16-25-10-9-19-15-20(27(29)30)5-8-22(19)25/h3-10,15,17H,11-14,16H2,1-2H3. The van der Waals surface area contributed by atoms with Crippen molar-refractivity contribution in [1.82, 2.24) is 13.8 Å². The monoisotopic (exact) mass is 470 g/mol. The number of rotatable bonds is 6. The molecule has 174 valence electrons. The minimum Gasteiger partial charge on any atom is -0.339 e.